The maximum Gasteiger partial charge on any atom is 0.327 e. The highest BCUT2D eigenvalue weighted by Crippen LogP contribution is 2.13. The average molecular weight is 396 g/mol. The molecule has 0 aliphatic carbocycles. The largest absolute Gasteiger partial charge is 0.481 e. The molecule has 3 rings (SSSR count). The zero-order valence-corrected chi connectivity index (χ0v) is 15.7. The summed E-state index contributed by atoms with van der Waals surface area (Å²) in [6.45, 7) is 1.64. The number of aryl methyl sites for hydroxylation is 1. The molecule has 150 valence electrons. The fourth-order valence-electron chi connectivity index (χ4n) is 3.15. The van der Waals surface area contributed by atoms with Crippen molar-refractivity contribution in [3.05, 3.63) is 74.1 Å². The Kier molecular flexibility index (Phi) is 5.87. The Balaban J connectivity index is 1.87. The lowest BCUT2D eigenvalue weighted by atomic mass is 10.0. The molecule has 29 heavy (non-hydrogen) atoms. The van der Waals surface area contributed by atoms with Gasteiger partial charge in [0.05, 0.1) is 5.39 Å². The van der Waals surface area contributed by atoms with E-state index in [1.165, 1.54) is 6.07 Å². The quantitative estimate of drug-likeness (QED) is 0.471. The first-order valence-corrected chi connectivity index (χ1v) is 9.04. The van der Waals surface area contributed by atoms with Gasteiger partial charge in [-0.15, -0.1) is 0 Å². The number of carbonyl (C=O) groups is 2. The van der Waals surface area contributed by atoms with Crippen LogP contribution < -0.4 is 16.6 Å². The van der Waals surface area contributed by atoms with Gasteiger partial charge < -0.3 is 10.4 Å². The van der Waals surface area contributed by atoms with E-state index in [-0.39, 0.29) is 29.6 Å². The minimum Gasteiger partial charge on any atom is -0.481 e. The Bertz CT molecular complexity index is 1170. The zero-order valence-electron chi connectivity index (χ0n) is 15.7. The van der Waals surface area contributed by atoms with Crippen molar-refractivity contribution in [2.24, 2.45) is 0 Å². The number of hydrogen-bond acceptors (Lipinski definition) is 5. The maximum absolute atomic E-state index is 12.8. The minimum atomic E-state index is -0.950. The van der Waals surface area contributed by atoms with Crippen LogP contribution >= 0.6 is 0 Å². The fourth-order valence-corrected chi connectivity index (χ4v) is 3.15. The molecular formula is C20H20N4O5. The number of H-pyrrole nitrogens is 2. The predicted octanol–water partition coefficient (Wildman–Crippen LogP) is 1.13. The van der Waals surface area contributed by atoms with E-state index in [2.05, 4.69) is 20.3 Å². The second-order valence-corrected chi connectivity index (χ2v) is 6.75. The van der Waals surface area contributed by atoms with Gasteiger partial charge in [-0.2, -0.15) is 0 Å². The molecule has 0 aliphatic heterocycles. The molecule has 0 saturated carbocycles. The highest BCUT2D eigenvalue weighted by molar-refractivity contribution is 5.95. The number of aromatic nitrogens is 3. The van der Waals surface area contributed by atoms with Gasteiger partial charge in [-0.3, -0.25) is 24.4 Å². The molecule has 3 aromatic rings. The Morgan fingerprint density at radius 3 is 2.59 bits per heavy atom. The third-order valence-corrected chi connectivity index (χ3v) is 4.50. The van der Waals surface area contributed by atoms with E-state index < -0.39 is 29.2 Å². The van der Waals surface area contributed by atoms with Crippen LogP contribution in [0.25, 0.3) is 11.0 Å². The Hall–Kier alpha value is -3.75. The Morgan fingerprint density at radius 1 is 1.17 bits per heavy atom. The first-order valence-electron chi connectivity index (χ1n) is 9.04. The van der Waals surface area contributed by atoms with Gasteiger partial charge in [0, 0.05) is 12.5 Å². The van der Waals surface area contributed by atoms with Crippen LogP contribution in [0.2, 0.25) is 0 Å². The van der Waals surface area contributed by atoms with E-state index in [0.717, 1.165) is 5.56 Å². The number of fused-ring (bicyclic) bond motifs is 1. The molecule has 0 fully saturated rings. The van der Waals surface area contributed by atoms with E-state index in [0.29, 0.717) is 12.0 Å². The average Bonchev–Trinajstić information content (AvgIpc) is 2.65. The van der Waals surface area contributed by atoms with Gasteiger partial charge in [-0.25, -0.2) is 9.78 Å². The standard InChI is InChI=1S/C20H20N4O5/c1-11-9-14(22-17-16(11)19(28)24-20(29)23-17)18(27)21-13(7-8-15(25)26)10-12-5-3-2-4-6-12/h2-6,9,13H,7-8,10H2,1H3,(H,21,27)(H,25,26)(H2,22,23,24,28,29). The summed E-state index contributed by atoms with van der Waals surface area (Å²) in [6.07, 6.45) is 0.618. The molecule has 0 radical (unpaired) electrons. The normalized spacial score (nSPS) is 11.9. The summed E-state index contributed by atoms with van der Waals surface area (Å²) in [6, 6.07) is 10.4. The first-order chi connectivity index (χ1) is 13.8. The van der Waals surface area contributed by atoms with Crippen LogP contribution in [0.15, 0.2) is 46.0 Å². The molecule has 1 atom stereocenters. The second-order valence-electron chi connectivity index (χ2n) is 6.75. The summed E-state index contributed by atoms with van der Waals surface area (Å²) < 4.78 is 0. The van der Waals surface area contributed by atoms with Crippen molar-refractivity contribution >= 4 is 22.9 Å². The monoisotopic (exact) mass is 396 g/mol. The van der Waals surface area contributed by atoms with Crippen LogP contribution in [0.1, 0.15) is 34.5 Å². The number of rotatable bonds is 7. The van der Waals surface area contributed by atoms with E-state index in [9.17, 15) is 19.2 Å². The lowest BCUT2D eigenvalue weighted by Gasteiger charge is -2.18. The van der Waals surface area contributed by atoms with E-state index in [1.54, 1.807) is 6.92 Å². The summed E-state index contributed by atoms with van der Waals surface area (Å²) in [4.78, 5) is 55.9. The molecule has 1 amide bonds. The van der Waals surface area contributed by atoms with Crippen molar-refractivity contribution < 1.29 is 14.7 Å². The van der Waals surface area contributed by atoms with Crippen LogP contribution in [-0.4, -0.2) is 38.0 Å². The molecule has 0 aliphatic rings. The highest BCUT2D eigenvalue weighted by Gasteiger charge is 2.18. The number of aliphatic carboxylic acids is 1. The SMILES string of the molecule is Cc1cc(C(=O)NC(CCC(=O)O)Cc2ccccc2)nc2[nH]c(=O)[nH]c(=O)c12. The summed E-state index contributed by atoms with van der Waals surface area (Å²) in [7, 11) is 0. The highest BCUT2D eigenvalue weighted by atomic mass is 16.4. The van der Waals surface area contributed by atoms with Crippen molar-refractivity contribution in [2.75, 3.05) is 0 Å². The number of hydrogen-bond donors (Lipinski definition) is 4. The van der Waals surface area contributed by atoms with Gasteiger partial charge in [0.1, 0.15) is 11.3 Å². The zero-order chi connectivity index (χ0) is 21.0. The number of nitrogens with zero attached hydrogens (tertiary/aromatic N) is 1. The molecule has 9 heteroatoms. The minimum absolute atomic E-state index is 0.0223. The van der Waals surface area contributed by atoms with Gasteiger partial charge in [-0.05, 0) is 37.0 Å². The van der Waals surface area contributed by atoms with Crippen molar-refractivity contribution in [3.8, 4) is 0 Å². The summed E-state index contributed by atoms with van der Waals surface area (Å²) in [5.74, 6) is -1.46. The maximum atomic E-state index is 12.8. The third kappa shape index (κ3) is 4.95. The number of amides is 1. The van der Waals surface area contributed by atoms with Gasteiger partial charge in [0.2, 0.25) is 0 Å². The summed E-state index contributed by atoms with van der Waals surface area (Å²) in [5, 5.41) is 12.0. The van der Waals surface area contributed by atoms with E-state index in [4.69, 9.17) is 5.11 Å². The van der Waals surface area contributed by atoms with Crippen molar-refractivity contribution in [1.29, 1.82) is 0 Å². The van der Waals surface area contributed by atoms with Gasteiger partial charge >= 0.3 is 11.7 Å². The van der Waals surface area contributed by atoms with Crippen LogP contribution in [0.3, 0.4) is 0 Å². The van der Waals surface area contributed by atoms with Crippen molar-refractivity contribution in [1.82, 2.24) is 20.3 Å². The van der Waals surface area contributed by atoms with Crippen LogP contribution in [0.5, 0.6) is 0 Å². The third-order valence-electron chi connectivity index (χ3n) is 4.50. The Morgan fingerprint density at radius 2 is 1.90 bits per heavy atom. The molecule has 2 aromatic heterocycles. The van der Waals surface area contributed by atoms with Crippen LogP contribution in [0.4, 0.5) is 0 Å². The number of pyridine rings is 1. The van der Waals surface area contributed by atoms with E-state index >= 15 is 0 Å². The van der Waals surface area contributed by atoms with Crippen molar-refractivity contribution in [2.45, 2.75) is 32.2 Å². The molecule has 1 aromatic carbocycles. The predicted molar refractivity (Wildman–Crippen MR) is 106 cm³/mol. The summed E-state index contributed by atoms with van der Waals surface area (Å²) in [5.41, 5.74) is 0.211. The number of nitrogens with one attached hydrogen (secondary N) is 3. The molecule has 0 spiro atoms. The number of carboxylic acids is 1. The topological polar surface area (TPSA) is 145 Å². The molecule has 4 N–H and O–H groups in total. The van der Waals surface area contributed by atoms with Crippen LogP contribution in [-0.2, 0) is 11.2 Å². The molecule has 1 unspecified atom stereocenters. The first kappa shape index (κ1) is 20.0. The molecule has 2 heterocycles. The number of carboxylic acid groups (broad SMARTS) is 1. The molecular weight excluding hydrogens is 376 g/mol. The van der Waals surface area contributed by atoms with Gasteiger partial charge in [0.25, 0.3) is 11.5 Å². The number of aromatic amines is 2. The van der Waals surface area contributed by atoms with Crippen LogP contribution in [0, 0.1) is 6.92 Å². The lowest BCUT2D eigenvalue weighted by Crippen LogP contribution is -2.37. The smallest absolute Gasteiger partial charge is 0.327 e. The Labute approximate surface area is 164 Å². The number of carbonyl (C=O) groups excluding carboxylic acids is 1. The molecule has 0 bridgehead atoms. The molecule has 9 nitrogen and oxygen atoms in total. The van der Waals surface area contributed by atoms with Gasteiger partial charge in [-0.1, -0.05) is 30.3 Å². The second kappa shape index (κ2) is 8.51. The fraction of sp³-hybridized carbons (Fsp3) is 0.250. The van der Waals surface area contributed by atoms with Crippen molar-refractivity contribution in [3.63, 3.8) is 0 Å². The number of benzene rings is 1. The lowest BCUT2D eigenvalue weighted by molar-refractivity contribution is -0.137. The molecule has 0 saturated heterocycles. The summed E-state index contributed by atoms with van der Waals surface area (Å²) >= 11 is 0. The van der Waals surface area contributed by atoms with Gasteiger partial charge in [0.15, 0.2) is 0 Å². The van der Waals surface area contributed by atoms with E-state index in [1.807, 2.05) is 30.3 Å².